The average Bonchev–Trinajstić information content (AvgIpc) is 3.16. The molecule has 1 amide bonds. The van der Waals surface area contributed by atoms with Gasteiger partial charge in [0.15, 0.2) is 6.61 Å². The maximum absolute atomic E-state index is 12.4. The van der Waals surface area contributed by atoms with Gasteiger partial charge in [0.25, 0.3) is 5.91 Å². The van der Waals surface area contributed by atoms with E-state index in [1.54, 1.807) is 35.1 Å². The lowest BCUT2D eigenvalue weighted by atomic mass is 10.2. The Morgan fingerprint density at radius 1 is 1.07 bits per heavy atom. The van der Waals surface area contributed by atoms with E-state index < -0.39 is 18.5 Å². The Hall–Kier alpha value is -3.68. The molecule has 0 fully saturated rings. The van der Waals surface area contributed by atoms with E-state index in [2.05, 4.69) is 15.4 Å². The van der Waals surface area contributed by atoms with E-state index >= 15 is 0 Å². The third kappa shape index (κ3) is 4.73. The van der Waals surface area contributed by atoms with Gasteiger partial charge in [-0.2, -0.15) is 5.10 Å². The quantitative estimate of drug-likeness (QED) is 0.631. The van der Waals surface area contributed by atoms with Crippen molar-refractivity contribution in [1.29, 1.82) is 0 Å². The smallest absolute Gasteiger partial charge is 0.344 e. The van der Waals surface area contributed by atoms with E-state index in [9.17, 15) is 9.59 Å². The van der Waals surface area contributed by atoms with Crippen molar-refractivity contribution in [2.75, 3.05) is 11.9 Å². The standard InChI is InChI=1S/C20H20N4O4/c1-14(2)24-17(10-12-22-24)23-18(25)13-27-20(26)16-9-6-11-21-19(16)28-15-7-4-3-5-8-15/h3-12,14H,13H2,1-2H3,(H,23,25). The summed E-state index contributed by atoms with van der Waals surface area (Å²) in [7, 11) is 0. The number of nitrogens with one attached hydrogen (secondary N) is 1. The van der Waals surface area contributed by atoms with Crippen LogP contribution in [0.3, 0.4) is 0 Å². The van der Waals surface area contributed by atoms with Crippen LogP contribution in [0.4, 0.5) is 5.82 Å². The lowest BCUT2D eigenvalue weighted by Gasteiger charge is -2.12. The van der Waals surface area contributed by atoms with E-state index in [1.165, 1.54) is 12.3 Å². The number of anilines is 1. The first-order chi connectivity index (χ1) is 13.5. The topological polar surface area (TPSA) is 95.3 Å². The molecule has 0 spiro atoms. The lowest BCUT2D eigenvalue weighted by Crippen LogP contribution is -2.23. The Labute approximate surface area is 162 Å². The summed E-state index contributed by atoms with van der Waals surface area (Å²) < 4.78 is 12.4. The highest BCUT2D eigenvalue weighted by molar-refractivity contribution is 5.96. The molecule has 8 nitrogen and oxygen atoms in total. The van der Waals surface area contributed by atoms with E-state index in [0.29, 0.717) is 11.6 Å². The number of pyridine rings is 1. The number of hydrogen-bond acceptors (Lipinski definition) is 6. The fourth-order valence-electron chi connectivity index (χ4n) is 2.44. The van der Waals surface area contributed by atoms with Gasteiger partial charge in [0.05, 0.1) is 6.20 Å². The molecule has 0 unspecified atom stereocenters. The van der Waals surface area contributed by atoms with Crippen LogP contribution in [0.15, 0.2) is 60.9 Å². The number of ether oxygens (including phenoxy) is 2. The van der Waals surface area contributed by atoms with Crippen LogP contribution in [-0.2, 0) is 9.53 Å². The van der Waals surface area contributed by atoms with E-state index in [0.717, 1.165) is 0 Å². The maximum Gasteiger partial charge on any atom is 0.344 e. The van der Waals surface area contributed by atoms with Crippen LogP contribution in [-0.4, -0.2) is 33.2 Å². The molecule has 144 valence electrons. The molecule has 0 saturated heterocycles. The van der Waals surface area contributed by atoms with Crippen molar-refractivity contribution in [2.24, 2.45) is 0 Å². The summed E-state index contributed by atoms with van der Waals surface area (Å²) >= 11 is 0. The first-order valence-corrected chi connectivity index (χ1v) is 8.73. The average molecular weight is 380 g/mol. The zero-order valence-electron chi connectivity index (χ0n) is 15.5. The summed E-state index contributed by atoms with van der Waals surface area (Å²) in [6, 6.07) is 13.8. The predicted molar refractivity (Wildman–Crippen MR) is 102 cm³/mol. The minimum absolute atomic E-state index is 0.0842. The monoisotopic (exact) mass is 380 g/mol. The van der Waals surface area contributed by atoms with Crippen LogP contribution in [0.2, 0.25) is 0 Å². The van der Waals surface area contributed by atoms with E-state index in [4.69, 9.17) is 9.47 Å². The molecule has 1 N–H and O–H groups in total. The number of hydrogen-bond donors (Lipinski definition) is 1. The van der Waals surface area contributed by atoms with Crippen molar-refractivity contribution in [3.05, 3.63) is 66.5 Å². The zero-order chi connectivity index (χ0) is 19.9. The second-order valence-electron chi connectivity index (χ2n) is 6.15. The normalized spacial score (nSPS) is 10.5. The van der Waals surface area contributed by atoms with E-state index in [-0.39, 0.29) is 17.5 Å². The van der Waals surface area contributed by atoms with Gasteiger partial charge in [-0.15, -0.1) is 0 Å². The zero-order valence-corrected chi connectivity index (χ0v) is 15.5. The molecular weight excluding hydrogens is 360 g/mol. The minimum Gasteiger partial charge on any atom is -0.452 e. The third-order valence-corrected chi connectivity index (χ3v) is 3.71. The molecule has 2 heterocycles. The van der Waals surface area contributed by atoms with Crippen LogP contribution in [0.5, 0.6) is 11.6 Å². The van der Waals surface area contributed by atoms with E-state index in [1.807, 2.05) is 32.0 Å². The van der Waals surface area contributed by atoms with Gasteiger partial charge in [0.2, 0.25) is 5.88 Å². The van der Waals surface area contributed by atoms with Gasteiger partial charge >= 0.3 is 5.97 Å². The Morgan fingerprint density at radius 2 is 1.86 bits per heavy atom. The molecule has 0 radical (unpaired) electrons. The number of esters is 1. The fraction of sp³-hybridized carbons (Fsp3) is 0.200. The summed E-state index contributed by atoms with van der Waals surface area (Å²) in [5.41, 5.74) is 0.131. The number of rotatable bonds is 7. The summed E-state index contributed by atoms with van der Waals surface area (Å²) in [4.78, 5) is 28.6. The molecule has 0 aliphatic rings. The first-order valence-electron chi connectivity index (χ1n) is 8.73. The molecule has 2 aromatic heterocycles. The predicted octanol–water partition coefficient (Wildman–Crippen LogP) is 3.45. The number of carbonyl (C=O) groups is 2. The molecule has 28 heavy (non-hydrogen) atoms. The summed E-state index contributed by atoms with van der Waals surface area (Å²) in [5, 5.41) is 6.80. The lowest BCUT2D eigenvalue weighted by molar-refractivity contribution is -0.119. The number of aromatic nitrogens is 3. The van der Waals surface area contributed by atoms with Crippen molar-refractivity contribution in [3.63, 3.8) is 0 Å². The van der Waals surface area contributed by atoms with Crippen LogP contribution < -0.4 is 10.1 Å². The van der Waals surface area contributed by atoms with Crippen LogP contribution in [0, 0.1) is 0 Å². The van der Waals surface area contributed by atoms with Gasteiger partial charge in [-0.1, -0.05) is 18.2 Å². The number of carbonyl (C=O) groups excluding carboxylic acids is 2. The van der Waals surface area contributed by atoms with Crippen LogP contribution >= 0.6 is 0 Å². The van der Waals surface area contributed by atoms with Crippen molar-refractivity contribution in [2.45, 2.75) is 19.9 Å². The molecule has 0 aliphatic carbocycles. The van der Waals surface area contributed by atoms with Crippen molar-refractivity contribution >= 4 is 17.7 Å². The molecule has 8 heteroatoms. The Morgan fingerprint density at radius 3 is 2.61 bits per heavy atom. The molecule has 0 aliphatic heterocycles. The SMILES string of the molecule is CC(C)n1nccc1NC(=O)COC(=O)c1cccnc1Oc1ccccc1. The minimum atomic E-state index is -0.702. The summed E-state index contributed by atoms with van der Waals surface area (Å²) in [6.07, 6.45) is 3.10. The molecule has 3 rings (SSSR count). The second-order valence-corrected chi connectivity index (χ2v) is 6.15. The van der Waals surface area contributed by atoms with Crippen molar-refractivity contribution in [3.8, 4) is 11.6 Å². The Balaban J connectivity index is 1.62. The second kappa shape index (κ2) is 8.81. The molecule has 0 bridgehead atoms. The Kier molecular flexibility index (Phi) is 6.01. The first kappa shape index (κ1) is 19.1. The number of benzene rings is 1. The highest BCUT2D eigenvalue weighted by atomic mass is 16.5. The third-order valence-electron chi connectivity index (χ3n) is 3.71. The molecule has 1 aromatic carbocycles. The van der Waals surface area contributed by atoms with Gasteiger partial charge in [-0.05, 0) is 38.1 Å². The number of amides is 1. The van der Waals surface area contributed by atoms with Gasteiger partial charge in [0.1, 0.15) is 17.1 Å². The van der Waals surface area contributed by atoms with Gasteiger partial charge in [-0.3, -0.25) is 4.79 Å². The van der Waals surface area contributed by atoms with Gasteiger partial charge in [-0.25, -0.2) is 14.5 Å². The maximum atomic E-state index is 12.4. The van der Waals surface area contributed by atoms with Crippen LogP contribution in [0.1, 0.15) is 30.2 Å². The number of nitrogens with zero attached hydrogens (tertiary/aromatic N) is 3. The van der Waals surface area contributed by atoms with Crippen LogP contribution in [0.25, 0.3) is 0 Å². The molecule has 0 saturated carbocycles. The molecule has 0 atom stereocenters. The van der Waals surface area contributed by atoms with Crippen molar-refractivity contribution < 1.29 is 19.1 Å². The fourth-order valence-corrected chi connectivity index (χ4v) is 2.44. The Bertz CT molecular complexity index is 954. The molecule has 3 aromatic rings. The molecular formula is C20H20N4O4. The number of para-hydroxylation sites is 1. The van der Waals surface area contributed by atoms with Gasteiger partial charge < -0.3 is 14.8 Å². The largest absolute Gasteiger partial charge is 0.452 e. The summed E-state index contributed by atoms with van der Waals surface area (Å²) in [5.74, 6) is 0.00850. The van der Waals surface area contributed by atoms with Crippen molar-refractivity contribution in [1.82, 2.24) is 14.8 Å². The highest BCUT2D eigenvalue weighted by Crippen LogP contribution is 2.23. The summed E-state index contributed by atoms with van der Waals surface area (Å²) in [6.45, 7) is 3.44. The van der Waals surface area contributed by atoms with Gasteiger partial charge in [0, 0.05) is 18.3 Å². The highest BCUT2D eigenvalue weighted by Gasteiger charge is 2.18.